The minimum Gasteiger partial charge on any atom is -0.508 e. The number of allylic oxidation sites excluding steroid dienone is 1. The van der Waals surface area contributed by atoms with Gasteiger partial charge >= 0.3 is 0 Å². The lowest BCUT2D eigenvalue weighted by atomic mass is 9.69. The van der Waals surface area contributed by atoms with E-state index in [0.29, 0.717) is 32.5 Å². The Kier molecular flexibility index (Phi) is 10.0. The normalized spacial score (nSPS) is 23.9. The van der Waals surface area contributed by atoms with Crippen molar-refractivity contribution in [3.8, 4) is 11.5 Å². The van der Waals surface area contributed by atoms with Crippen LogP contribution in [-0.4, -0.2) is 70.2 Å². The number of pyridine rings is 1. The van der Waals surface area contributed by atoms with Crippen molar-refractivity contribution in [2.75, 3.05) is 26.3 Å². The molecule has 0 radical (unpaired) electrons. The summed E-state index contributed by atoms with van der Waals surface area (Å²) < 4.78 is 12.9. The number of carbonyl (C=O) groups excluding carboxylic acids is 2. The van der Waals surface area contributed by atoms with Gasteiger partial charge in [0.05, 0.1) is 30.2 Å². The zero-order valence-corrected chi connectivity index (χ0v) is 29.3. The molecule has 3 saturated heterocycles. The summed E-state index contributed by atoms with van der Waals surface area (Å²) in [6.07, 6.45) is 7.09. The number of imide groups is 1. The molecule has 4 aromatic rings. The maximum absolute atomic E-state index is 14.4. The zero-order chi connectivity index (χ0) is 35.4. The van der Waals surface area contributed by atoms with E-state index in [2.05, 4.69) is 40.2 Å². The smallest absolute Gasteiger partial charge is 0.234 e. The molecule has 8 heteroatoms. The van der Waals surface area contributed by atoms with Crippen LogP contribution < -0.4 is 4.74 Å². The fourth-order valence-electron chi connectivity index (χ4n) is 8.78. The molecule has 2 amide bonds. The van der Waals surface area contributed by atoms with E-state index in [9.17, 15) is 14.7 Å². The van der Waals surface area contributed by atoms with Crippen LogP contribution in [-0.2, 0) is 20.9 Å². The fraction of sp³-hybridized carbons (Fsp3) is 0.341. The first kappa shape index (κ1) is 34.1. The van der Waals surface area contributed by atoms with Gasteiger partial charge in [0, 0.05) is 37.8 Å². The molecule has 4 aliphatic rings. The molecule has 52 heavy (non-hydrogen) atoms. The molecule has 266 valence electrons. The molecule has 1 N–H and O–H groups in total. The van der Waals surface area contributed by atoms with E-state index in [-0.39, 0.29) is 35.6 Å². The highest BCUT2D eigenvalue weighted by atomic mass is 16.5. The van der Waals surface area contributed by atoms with Crippen LogP contribution in [0.3, 0.4) is 0 Å². The van der Waals surface area contributed by atoms with Crippen LogP contribution in [0.4, 0.5) is 0 Å². The number of piperidine rings is 1. The molecule has 1 aliphatic carbocycles. The number of ether oxygens (including phenoxy) is 2. The van der Waals surface area contributed by atoms with Crippen molar-refractivity contribution in [3.63, 3.8) is 0 Å². The molecule has 8 rings (SSSR count). The average molecular weight is 696 g/mol. The molecule has 4 heterocycles. The molecule has 3 aliphatic heterocycles. The maximum atomic E-state index is 14.4. The number of nitrogens with zero attached hydrogens (tertiary/aromatic N) is 3. The van der Waals surface area contributed by atoms with Crippen LogP contribution >= 0.6 is 0 Å². The van der Waals surface area contributed by atoms with Gasteiger partial charge in [0.2, 0.25) is 11.8 Å². The molecule has 1 aromatic heterocycles. The Hall–Kier alpha value is -5.05. The van der Waals surface area contributed by atoms with Gasteiger partial charge in [0.25, 0.3) is 0 Å². The Morgan fingerprint density at radius 2 is 1.65 bits per heavy atom. The van der Waals surface area contributed by atoms with Gasteiger partial charge in [-0.2, -0.15) is 0 Å². The van der Waals surface area contributed by atoms with Crippen LogP contribution in [0, 0.1) is 17.8 Å². The third-order valence-corrected chi connectivity index (χ3v) is 11.3. The van der Waals surface area contributed by atoms with Crippen molar-refractivity contribution >= 4 is 23.5 Å². The van der Waals surface area contributed by atoms with Crippen LogP contribution in [0.25, 0.3) is 11.6 Å². The summed E-state index contributed by atoms with van der Waals surface area (Å²) in [7, 11) is 0. The number of carbonyl (C=O) groups is 2. The Morgan fingerprint density at radius 3 is 2.40 bits per heavy atom. The number of rotatable bonds is 11. The molecule has 0 spiro atoms. The SMILES string of the molecule is O=C1[C@@H]2[C@@H](CC(COc3ccccc3)=C3[C@@H](CC/C(=C/c4cccc(O)c4)c4ccccn4)OC[C@@H]32)C(=O)N1C1CCN(Cc2ccccc2)CC1. The second-order valence-electron chi connectivity index (χ2n) is 14.5. The summed E-state index contributed by atoms with van der Waals surface area (Å²) in [4.78, 5) is 37.3. The van der Waals surface area contributed by atoms with Crippen LogP contribution in [0.2, 0.25) is 0 Å². The first-order valence-electron chi connectivity index (χ1n) is 18.6. The maximum Gasteiger partial charge on any atom is 0.234 e. The standard InChI is InChI=1S/C44H45N3O5/c48-35-13-9-12-31(25-35)24-32(39-16-7-8-21-45-39)17-18-40-41-33(28-51-36-14-5-2-6-15-36)26-37-42(38(41)29-52-40)44(50)47(43(37)49)34-19-22-46(23-20-34)27-30-10-3-1-4-11-30/h1-16,21,24-25,34,37-38,40,42,48H,17-20,22-23,26-29H2/b32-24-/t37-,38+,40-,42-/m1/s1. The molecule has 0 saturated carbocycles. The largest absolute Gasteiger partial charge is 0.508 e. The predicted molar refractivity (Wildman–Crippen MR) is 200 cm³/mol. The molecule has 3 fully saturated rings. The summed E-state index contributed by atoms with van der Waals surface area (Å²) in [5, 5.41) is 10.1. The van der Waals surface area contributed by atoms with Gasteiger partial charge in [-0.05, 0) is 102 Å². The molecule has 8 nitrogen and oxygen atoms in total. The van der Waals surface area contributed by atoms with Gasteiger partial charge in [0.1, 0.15) is 18.1 Å². The first-order valence-corrected chi connectivity index (χ1v) is 18.6. The third-order valence-electron chi connectivity index (χ3n) is 11.3. The highest BCUT2D eigenvalue weighted by Gasteiger charge is 2.58. The number of para-hydroxylation sites is 1. The van der Waals surface area contributed by atoms with Crippen molar-refractivity contribution in [1.29, 1.82) is 0 Å². The van der Waals surface area contributed by atoms with Crippen LogP contribution in [0.5, 0.6) is 11.5 Å². The second-order valence-corrected chi connectivity index (χ2v) is 14.5. The third kappa shape index (κ3) is 7.18. The van der Waals surface area contributed by atoms with E-state index >= 15 is 0 Å². The Morgan fingerprint density at radius 1 is 0.885 bits per heavy atom. The summed E-state index contributed by atoms with van der Waals surface area (Å²) in [6.45, 7) is 3.35. The number of hydrogen-bond acceptors (Lipinski definition) is 7. The topological polar surface area (TPSA) is 92.2 Å². The number of aromatic hydroxyl groups is 1. The van der Waals surface area contributed by atoms with Crippen molar-refractivity contribution in [3.05, 3.63) is 137 Å². The number of phenols is 1. The number of benzene rings is 3. The highest BCUT2D eigenvalue weighted by molar-refractivity contribution is 6.06. The van der Waals surface area contributed by atoms with E-state index in [1.165, 1.54) is 5.56 Å². The van der Waals surface area contributed by atoms with Crippen molar-refractivity contribution in [2.24, 2.45) is 17.8 Å². The van der Waals surface area contributed by atoms with Crippen molar-refractivity contribution < 1.29 is 24.2 Å². The second kappa shape index (κ2) is 15.3. The highest BCUT2D eigenvalue weighted by Crippen LogP contribution is 2.51. The van der Waals surface area contributed by atoms with E-state index in [4.69, 9.17) is 9.47 Å². The number of hydrogen-bond donors (Lipinski definition) is 1. The van der Waals surface area contributed by atoms with Gasteiger partial charge in [-0.3, -0.25) is 24.4 Å². The number of fused-ring (bicyclic) bond motifs is 3. The van der Waals surface area contributed by atoms with E-state index < -0.39 is 11.8 Å². The number of phenolic OH excluding ortho intramolecular Hbond substituents is 1. The van der Waals surface area contributed by atoms with Gasteiger partial charge < -0.3 is 14.6 Å². The van der Waals surface area contributed by atoms with Crippen molar-refractivity contribution in [1.82, 2.24) is 14.8 Å². The van der Waals surface area contributed by atoms with E-state index in [1.807, 2.05) is 66.7 Å². The number of likely N-dealkylation sites (tertiary alicyclic amines) is 2. The van der Waals surface area contributed by atoms with E-state index in [0.717, 1.165) is 66.2 Å². The molecular formula is C44H45N3O5. The van der Waals surface area contributed by atoms with Crippen molar-refractivity contribution in [2.45, 2.75) is 50.8 Å². The Balaban J connectivity index is 1.03. The lowest BCUT2D eigenvalue weighted by Gasteiger charge is -2.36. The number of aromatic nitrogens is 1. The number of amides is 2. The van der Waals surface area contributed by atoms with Gasteiger partial charge in [-0.15, -0.1) is 0 Å². The summed E-state index contributed by atoms with van der Waals surface area (Å²) >= 11 is 0. The average Bonchev–Trinajstić information content (AvgIpc) is 3.71. The molecule has 0 bridgehead atoms. The van der Waals surface area contributed by atoms with Gasteiger partial charge in [0.15, 0.2) is 0 Å². The molecule has 3 aromatic carbocycles. The quantitative estimate of drug-likeness (QED) is 0.131. The lowest BCUT2D eigenvalue weighted by molar-refractivity contribution is -0.144. The summed E-state index contributed by atoms with van der Waals surface area (Å²) in [6, 6.07) is 33.2. The summed E-state index contributed by atoms with van der Waals surface area (Å²) in [5.74, 6) is -0.0286. The van der Waals surface area contributed by atoms with Gasteiger partial charge in [-0.1, -0.05) is 66.7 Å². The Labute approximate surface area is 305 Å². The summed E-state index contributed by atoms with van der Waals surface area (Å²) in [5.41, 5.74) is 6.29. The predicted octanol–water partition coefficient (Wildman–Crippen LogP) is 7.17. The lowest BCUT2D eigenvalue weighted by Crippen LogP contribution is -2.47. The van der Waals surface area contributed by atoms with Gasteiger partial charge in [-0.25, -0.2) is 0 Å². The first-order chi connectivity index (χ1) is 25.5. The van der Waals surface area contributed by atoms with Crippen LogP contribution in [0.15, 0.2) is 120 Å². The molecule has 0 unspecified atom stereocenters. The zero-order valence-electron chi connectivity index (χ0n) is 29.3. The Bertz CT molecular complexity index is 1940. The van der Waals surface area contributed by atoms with E-state index in [1.54, 1.807) is 23.2 Å². The minimum atomic E-state index is -0.409. The molecular weight excluding hydrogens is 650 g/mol. The van der Waals surface area contributed by atoms with Crippen LogP contribution in [0.1, 0.15) is 48.9 Å². The molecule has 4 atom stereocenters. The fourth-order valence-corrected chi connectivity index (χ4v) is 8.78. The monoisotopic (exact) mass is 695 g/mol. The minimum absolute atomic E-state index is 0.0238.